The van der Waals surface area contributed by atoms with Gasteiger partial charge in [-0.3, -0.25) is 0 Å². The molecule has 3 aromatic heterocycles. The van der Waals surface area contributed by atoms with Gasteiger partial charge in [-0.15, -0.1) is 0 Å². The molecule has 0 aliphatic carbocycles. The number of hydrogen-bond acceptors (Lipinski definition) is 3. The molecular formula is C69H132N6. The molecule has 3 heterocycles. The molecule has 438 valence electrons. The van der Waals surface area contributed by atoms with E-state index in [9.17, 15) is 0 Å². The van der Waals surface area contributed by atoms with Crippen LogP contribution in [0, 0.1) is 0 Å². The molecule has 0 unspecified atom stereocenters. The molecule has 0 aliphatic heterocycles. The van der Waals surface area contributed by atoms with Crippen LogP contribution in [0.5, 0.6) is 0 Å². The highest BCUT2D eigenvalue weighted by Gasteiger charge is 2.39. The summed E-state index contributed by atoms with van der Waals surface area (Å²) in [4.78, 5) is 27.2. The topological polar surface area (TPSA) is 86.0 Å². The lowest BCUT2D eigenvalue weighted by molar-refractivity contribution is 0.404. The minimum atomic E-state index is 0.115. The van der Waals surface area contributed by atoms with E-state index in [-0.39, 0.29) is 48.7 Å². The van der Waals surface area contributed by atoms with Crippen LogP contribution in [0.4, 0.5) is 0 Å². The van der Waals surface area contributed by atoms with Crippen molar-refractivity contribution in [2.45, 2.75) is 390 Å². The summed E-state index contributed by atoms with van der Waals surface area (Å²) in [5.74, 6) is 3.58. The molecular weight excluding hydrogens is 913 g/mol. The molecule has 0 aliphatic rings. The fraction of sp³-hybridized carbons (Fsp3) is 0.870. The third kappa shape index (κ3) is 20.7. The number of aromatic amines is 3. The van der Waals surface area contributed by atoms with E-state index in [2.05, 4.69) is 202 Å². The zero-order valence-corrected chi connectivity index (χ0v) is 55.8. The molecule has 0 aromatic carbocycles. The zero-order valence-electron chi connectivity index (χ0n) is 55.8. The Morgan fingerprint density at radius 1 is 0.240 bits per heavy atom. The summed E-state index contributed by atoms with van der Waals surface area (Å²) >= 11 is 0. The van der Waals surface area contributed by atoms with Crippen LogP contribution >= 0.6 is 0 Å². The molecule has 0 spiro atoms. The minimum Gasteiger partial charge on any atom is -0.345 e. The quantitative estimate of drug-likeness (QED) is 0.0531. The fourth-order valence-electron chi connectivity index (χ4n) is 11.1. The minimum absolute atomic E-state index is 0.115. The summed E-state index contributed by atoms with van der Waals surface area (Å²) in [6.45, 7) is 63.0. The lowest BCUT2D eigenvalue weighted by atomic mass is 9.75. The molecule has 0 atom stereocenters. The fourth-order valence-corrected chi connectivity index (χ4v) is 11.1. The summed E-state index contributed by atoms with van der Waals surface area (Å²) in [6.07, 6.45) is 29.7. The van der Waals surface area contributed by atoms with Gasteiger partial charge in [0.1, 0.15) is 17.5 Å². The van der Waals surface area contributed by atoms with Crippen LogP contribution in [0.1, 0.15) is 393 Å². The third-order valence-electron chi connectivity index (χ3n) is 18.0. The first-order chi connectivity index (χ1) is 34.5. The van der Waals surface area contributed by atoms with Gasteiger partial charge >= 0.3 is 0 Å². The Morgan fingerprint density at radius 2 is 0.480 bits per heavy atom. The summed E-state index contributed by atoms with van der Waals surface area (Å²) < 4.78 is 0. The molecule has 0 radical (unpaired) electrons. The first-order valence-electron chi connectivity index (χ1n) is 31.9. The van der Waals surface area contributed by atoms with Crippen LogP contribution in [0.25, 0.3) is 0 Å². The van der Waals surface area contributed by atoms with Crippen molar-refractivity contribution < 1.29 is 0 Å². The maximum atomic E-state index is 5.30. The van der Waals surface area contributed by atoms with Crippen LogP contribution in [0.15, 0.2) is 0 Å². The van der Waals surface area contributed by atoms with E-state index in [0.29, 0.717) is 0 Å². The molecule has 0 bridgehead atoms. The van der Waals surface area contributed by atoms with Crippen molar-refractivity contribution in [2.75, 3.05) is 0 Å². The maximum absolute atomic E-state index is 5.30. The molecule has 6 nitrogen and oxygen atoms in total. The molecule has 0 amide bonds. The third-order valence-corrected chi connectivity index (χ3v) is 18.0. The van der Waals surface area contributed by atoms with Crippen LogP contribution in [-0.4, -0.2) is 29.9 Å². The van der Waals surface area contributed by atoms with Gasteiger partial charge in [0.15, 0.2) is 0 Å². The first kappa shape index (κ1) is 70.6. The van der Waals surface area contributed by atoms with Crippen LogP contribution in [0.2, 0.25) is 0 Å². The lowest BCUT2D eigenvalue weighted by Crippen LogP contribution is -2.26. The molecule has 0 saturated heterocycles. The van der Waals surface area contributed by atoms with Crippen molar-refractivity contribution >= 4 is 0 Å². The number of nitrogens with zero attached hydrogens (tertiary/aromatic N) is 3. The van der Waals surface area contributed by atoms with Gasteiger partial charge in [0.2, 0.25) is 0 Å². The summed E-state index contributed by atoms with van der Waals surface area (Å²) in [6, 6.07) is 0. The van der Waals surface area contributed by atoms with Crippen molar-refractivity contribution in [3.05, 3.63) is 51.6 Å². The highest BCUT2D eigenvalue weighted by molar-refractivity contribution is 5.33. The lowest BCUT2D eigenvalue weighted by Gasteiger charge is -2.30. The Balaban J connectivity index is 0.000000564. The standard InChI is InChI=1S/C25H48N2.C23H44N2.C21H40N2/c1-10-13-16-19-25(8,9)22-26-20(23(4,5)17-14-11-2)21(27-22)24(6,7)18-15-12-3;1-10-13-14-17-23(8,9)20-24-18(21(4,5)15-11-2)19(25-20)22(6,7)16-12-3;1-10-13-14-15-21(8,9)18-22-16(19(4,5)11-2)17(23-18)20(6,7)12-3/h10-19H2,1-9H3,(H,26,27);10-17H2,1-9H3,(H,24,25);10-15H2,1-9H3,(H,22,23). The largest absolute Gasteiger partial charge is 0.345 e. The molecule has 75 heavy (non-hydrogen) atoms. The number of H-pyrrole nitrogens is 3. The molecule has 3 N–H and O–H groups in total. The van der Waals surface area contributed by atoms with Gasteiger partial charge in [-0.25, -0.2) is 15.0 Å². The van der Waals surface area contributed by atoms with Crippen molar-refractivity contribution in [2.24, 2.45) is 0 Å². The number of hydrogen-bond donors (Lipinski definition) is 3. The summed E-state index contributed by atoms with van der Waals surface area (Å²) in [5, 5.41) is 0. The maximum Gasteiger partial charge on any atom is 0.112 e. The second-order valence-electron chi connectivity index (χ2n) is 29.7. The van der Waals surface area contributed by atoms with E-state index in [0.717, 1.165) is 12.8 Å². The molecule has 6 heteroatoms. The Bertz CT molecular complexity index is 1910. The Hall–Kier alpha value is -2.37. The summed E-state index contributed by atoms with van der Waals surface area (Å²) in [7, 11) is 0. The predicted octanol–water partition coefficient (Wildman–Crippen LogP) is 22.3. The van der Waals surface area contributed by atoms with E-state index in [1.54, 1.807) is 0 Å². The number of imidazole rings is 3. The first-order valence-corrected chi connectivity index (χ1v) is 31.9. The van der Waals surface area contributed by atoms with E-state index < -0.39 is 0 Å². The van der Waals surface area contributed by atoms with Gasteiger partial charge in [0.25, 0.3) is 0 Å². The van der Waals surface area contributed by atoms with Crippen molar-refractivity contribution in [3.8, 4) is 0 Å². The van der Waals surface area contributed by atoms with Crippen molar-refractivity contribution in [3.63, 3.8) is 0 Å². The smallest absolute Gasteiger partial charge is 0.112 e. The number of unbranched alkanes of at least 4 members (excludes halogenated alkanes) is 8. The average Bonchev–Trinajstić information content (AvgIpc) is 4.12. The second-order valence-corrected chi connectivity index (χ2v) is 29.7. The molecule has 3 aromatic rings. The zero-order chi connectivity index (χ0) is 57.9. The van der Waals surface area contributed by atoms with Crippen LogP contribution in [0.3, 0.4) is 0 Å². The van der Waals surface area contributed by atoms with Gasteiger partial charge in [-0.05, 0) is 57.8 Å². The highest BCUT2D eigenvalue weighted by Crippen LogP contribution is 2.43. The van der Waals surface area contributed by atoms with E-state index in [1.807, 2.05) is 0 Å². The van der Waals surface area contributed by atoms with Crippen LogP contribution in [-0.2, 0) is 48.7 Å². The number of rotatable bonds is 33. The van der Waals surface area contributed by atoms with E-state index in [1.165, 1.54) is 193 Å². The molecule has 0 fully saturated rings. The Labute approximate surface area is 469 Å². The van der Waals surface area contributed by atoms with Crippen molar-refractivity contribution in [1.82, 2.24) is 29.9 Å². The van der Waals surface area contributed by atoms with Gasteiger partial charge in [0.05, 0.1) is 17.1 Å². The average molecular weight is 1050 g/mol. The number of nitrogens with one attached hydrogen (secondary N) is 3. The van der Waals surface area contributed by atoms with Gasteiger partial charge in [-0.2, -0.15) is 0 Å². The Kier molecular flexibility index (Phi) is 28.5. The highest BCUT2D eigenvalue weighted by atomic mass is 15.0. The van der Waals surface area contributed by atoms with Gasteiger partial charge in [0, 0.05) is 65.8 Å². The molecule has 0 saturated carbocycles. The second kappa shape index (κ2) is 30.3. The van der Waals surface area contributed by atoms with Gasteiger partial charge < -0.3 is 15.0 Å². The van der Waals surface area contributed by atoms with Crippen molar-refractivity contribution in [1.29, 1.82) is 0 Å². The SMILES string of the molecule is CCCCCC(C)(C)c1nc(C(C)(C)CC)c(C(C)(C)CC)[nH]1.CCCCCC(C)(C)c1nc(C(C)(C)CCC)c(C(C)(C)CCC)[nH]1.CCCCCC(C)(C)c1nc(C(C)(C)CCCC)c(C(C)(C)CCCC)[nH]1. The summed E-state index contributed by atoms with van der Waals surface area (Å²) in [5.41, 5.74) is 9.24. The van der Waals surface area contributed by atoms with E-state index >= 15 is 0 Å². The van der Waals surface area contributed by atoms with Crippen LogP contribution < -0.4 is 0 Å². The monoisotopic (exact) mass is 1050 g/mol. The number of aromatic nitrogens is 6. The molecule has 3 rings (SSSR count). The van der Waals surface area contributed by atoms with Gasteiger partial charge in [-0.1, -0.05) is 283 Å². The normalized spacial score (nSPS) is 13.5. The van der Waals surface area contributed by atoms with E-state index in [4.69, 9.17) is 15.0 Å². The Morgan fingerprint density at radius 3 is 0.773 bits per heavy atom. The predicted molar refractivity (Wildman–Crippen MR) is 335 cm³/mol.